The smallest absolute Gasteiger partial charge is 0.313 e. The minimum Gasteiger partial charge on any atom is -0.461 e. The second kappa shape index (κ2) is 17.4. The molecule has 1 heterocycles. The van der Waals surface area contributed by atoms with Gasteiger partial charge in [-0.05, 0) is 24.8 Å². The molecule has 0 bridgehead atoms. The van der Waals surface area contributed by atoms with Crippen LogP contribution in [0.25, 0.3) is 0 Å². The lowest BCUT2D eigenvalue weighted by Crippen LogP contribution is -2.47. The van der Waals surface area contributed by atoms with Crippen molar-refractivity contribution in [2.75, 3.05) is 5.88 Å². The predicted octanol–water partition coefficient (Wildman–Crippen LogP) is 8.22. The Morgan fingerprint density at radius 3 is 2.22 bits per heavy atom. The summed E-state index contributed by atoms with van der Waals surface area (Å²) in [7, 11) is 0. The summed E-state index contributed by atoms with van der Waals surface area (Å²) in [5.41, 5.74) is 1.20. The average Bonchev–Trinajstić information content (AvgIpc) is 2.81. The van der Waals surface area contributed by atoms with E-state index in [2.05, 4.69) is 31.2 Å². The fraction of sp³-hybridized carbons (Fsp3) is 0.750. The van der Waals surface area contributed by atoms with Gasteiger partial charge in [0.05, 0.1) is 18.6 Å². The molecule has 4 heteroatoms. The van der Waals surface area contributed by atoms with Crippen molar-refractivity contribution in [2.24, 2.45) is 5.92 Å². The Hall–Kier alpha value is -1.06. The number of carbonyl (C=O) groups excluding carboxylic acids is 1. The molecule has 0 amide bonds. The van der Waals surface area contributed by atoms with Gasteiger partial charge in [0.25, 0.3) is 0 Å². The number of alkyl halides is 1. The van der Waals surface area contributed by atoms with E-state index < -0.39 is 0 Å². The Kier molecular flexibility index (Phi) is 14.8. The Balaban J connectivity index is 1.72. The second-order valence-corrected chi connectivity index (χ2v) is 9.77. The van der Waals surface area contributed by atoms with Gasteiger partial charge in [0.15, 0.2) is 0 Å². The zero-order valence-electron chi connectivity index (χ0n) is 20.2. The normalized spacial score (nSPS) is 18.9. The number of hydrogen-bond acceptors (Lipinski definition) is 3. The molecule has 0 saturated carbocycles. The lowest BCUT2D eigenvalue weighted by molar-refractivity contribution is -0.190. The highest BCUT2D eigenvalue weighted by atomic mass is 35.5. The molecule has 3 atom stereocenters. The SMILES string of the molecule is CCCCCCCCCCC[C@@H](C[C@H]1OC(=O)[C@@H]1CCCCCCl)OCc1ccccc1. The molecule has 0 aromatic heterocycles. The molecule has 182 valence electrons. The molecule has 1 aromatic rings. The van der Waals surface area contributed by atoms with Crippen molar-refractivity contribution >= 4 is 17.6 Å². The van der Waals surface area contributed by atoms with Crippen molar-refractivity contribution in [2.45, 2.75) is 122 Å². The van der Waals surface area contributed by atoms with E-state index in [9.17, 15) is 4.79 Å². The van der Waals surface area contributed by atoms with Gasteiger partial charge in [-0.2, -0.15) is 0 Å². The van der Waals surface area contributed by atoms with Gasteiger partial charge >= 0.3 is 5.97 Å². The lowest BCUT2D eigenvalue weighted by atomic mass is 9.86. The van der Waals surface area contributed by atoms with Crippen LogP contribution in [0.5, 0.6) is 0 Å². The van der Waals surface area contributed by atoms with E-state index in [1.54, 1.807) is 0 Å². The van der Waals surface area contributed by atoms with Crippen LogP contribution < -0.4 is 0 Å². The predicted molar refractivity (Wildman–Crippen MR) is 134 cm³/mol. The van der Waals surface area contributed by atoms with Crippen LogP contribution in [0.2, 0.25) is 0 Å². The third-order valence-corrected chi connectivity index (χ3v) is 6.89. The fourth-order valence-electron chi connectivity index (χ4n) is 4.55. The zero-order chi connectivity index (χ0) is 22.9. The van der Waals surface area contributed by atoms with Gasteiger partial charge in [-0.15, -0.1) is 11.6 Å². The summed E-state index contributed by atoms with van der Waals surface area (Å²) in [5.74, 6) is 0.731. The van der Waals surface area contributed by atoms with E-state index in [1.165, 1.54) is 63.4 Å². The maximum Gasteiger partial charge on any atom is 0.313 e. The minimum absolute atomic E-state index is 0.0224. The number of unbranched alkanes of at least 4 members (excludes halogenated alkanes) is 10. The first-order chi connectivity index (χ1) is 15.7. The molecule has 1 saturated heterocycles. The number of rotatable bonds is 20. The van der Waals surface area contributed by atoms with Crippen LogP contribution in [0.15, 0.2) is 30.3 Å². The molecule has 2 rings (SSSR count). The number of benzene rings is 1. The minimum atomic E-state index is -0.0224. The number of halogens is 1. The van der Waals surface area contributed by atoms with Crippen LogP contribution in [0, 0.1) is 5.92 Å². The maximum atomic E-state index is 12.0. The zero-order valence-corrected chi connectivity index (χ0v) is 21.0. The van der Waals surface area contributed by atoms with Crippen LogP contribution in [0.4, 0.5) is 0 Å². The molecule has 0 radical (unpaired) electrons. The van der Waals surface area contributed by atoms with Gasteiger partial charge in [0.2, 0.25) is 0 Å². The molecule has 0 N–H and O–H groups in total. The number of ether oxygens (including phenoxy) is 2. The summed E-state index contributed by atoms with van der Waals surface area (Å²) in [5, 5.41) is 0. The van der Waals surface area contributed by atoms with Gasteiger partial charge in [-0.3, -0.25) is 4.79 Å². The number of cyclic esters (lactones) is 1. The molecule has 1 aliphatic rings. The first-order valence-electron chi connectivity index (χ1n) is 13.2. The Bertz CT molecular complexity index is 592. The largest absolute Gasteiger partial charge is 0.461 e. The second-order valence-electron chi connectivity index (χ2n) is 9.39. The van der Waals surface area contributed by atoms with Crippen molar-refractivity contribution in [3.05, 3.63) is 35.9 Å². The molecule has 0 aliphatic carbocycles. The van der Waals surface area contributed by atoms with Crippen molar-refractivity contribution in [3.8, 4) is 0 Å². The van der Waals surface area contributed by atoms with Crippen molar-refractivity contribution in [1.82, 2.24) is 0 Å². The summed E-state index contributed by atoms with van der Waals surface area (Å²) < 4.78 is 11.9. The van der Waals surface area contributed by atoms with E-state index in [0.717, 1.165) is 38.5 Å². The van der Waals surface area contributed by atoms with Crippen molar-refractivity contribution in [1.29, 1.82) is 0 Å². The van der Waals surface area contributed by atoms with E-state index in [1.807, 2.05) is 6.07 Å². The van der Waals surface area contributed by atoms with Gasteiger partial charge in [-0.25, -0.2) is 0 Å². The molecule has 32 heavy (non-hydrogen) atoms. The van der Waals surface area contributed by atoms with Gasteiger partial charge in [0, 0.05) is 12.3 Å². The number of esters is 1. The molecule has 0 unspecified atom stereocenters. The fourth-order valence-corrected chi connectivity index (χ4v) is 4.74. The van der Waals surface area contributed by atoms with Crippen LogP contribution in [0.1, 0.15) is 109 Å². The van der Waals surface area contributed by atoms with E-state index in [-0.39, 0.29) is 24.1 Å². The first-order valence-corrected chi connectivity index (χ1v) is 13.7. The number of carbonyl (C=O) groups is 1. The first kappa shape index (κ1) is 27.2. The summed E-state index contributed by atoms with van der Waals surface area (Å²) >= 11 is 5.78. The third kappa shape index (κ3) is 11.2. The van der Waals surface area contributed by atoms with Crippen LogP contribution in [-0.4, -0.2) is 24.1 Å². The molecule has 1 fully saturated rings. The Morgan fingerprint density at radius 2 is 1.56 bits per heavy atom. The Morgan fingerprint density at radius 1 is 0.906 bits per heavy atom. The average molecular weight is 465 g/mol. The lowest BCUT2D eigenvalue weighted by Gasteiger charge is -2.37. The highest BCUT2D eigenvalue weighted by molar-refractivity contribution is 6.17. The van der Waals surface area contributed by atoms with E-state index in [4.69, 9.17) is 21.1 Å². The summed E-state index contributed by atoms with van der Waals surface area (Å²) in [6.45, 7) is 2.90. The van der Waals surface area contributed by atoms with Crippen molar-refractivity contribution in [3.63, 3.8) is 0 Å². The number of hydrogen-bond donors (Lipinski definition) is 0. The molecular formula is C28H45ClO3. The summed E-state index contributed by atoms with van der Waals surface area (Å²) in [6.07, 6.45) is 18.1. The van der Waals surface area contributed by atoms with Crippen molar-refractivity contribution < 1.29 is 14.3 Å². The van der Waals surface area contributed by atoms with Crippen LogP contribution >= 0.6 is 11.6 Å². The summed E-state index contributed by atoms with van der Waals surface area (Å²) in [6, 6.07) is 10.4. The molecular weight excluding hydrogens is 420 g/mol. The highest BCUT2D eigenvalue weighted by Crippen LogP contribution is 2.32. The molecule has 1 aromatic carbocycles. The van der Waals surface area contributed by atoms with E-state index in [0.29, 0.717) is 12.5 Å². The topological polar surface area (TPSA) is 35.5 Å². The molecule has 0 spiro atoms. The van der Waals surface area contributed by atoms with Gasteiger partial charge in [0.1, 0.15) is 6.10 Å². The van der Waals surface area contributed by atoms with Crippen LogP contribution in [-0.2, 0) is 20.9 Å². The van der Waals surface area contributed by atoms with Gasteiger partial charge < -0.3 is 9.47 Å². The Labute approximate surface area is 201 Å². The third-order valence-electron chi connectivity index (χ3n) is 6.62. The maximum absolute atomic E-state index is 12.0. The molecule has 3 nitrogen and oxygen atoms in total. The standard InChI is InChI=1S/C28H45ClO3/c1-2-3-4-5-6-7-8-9-14-19-25(31-23-24-17-12-10-13-18-24)22-27-26(28(30)32-27)20-15-11-16-21-29/h10,12-13,17-18,25-27H,2-9,11,14-16,19-23H2,1H3/t25-,26+,27+/m0/s1. The van der Waals surface area contributed by atoms with E-state index >= 15 is 0 Å². The highest BCUT2D eigenvalue weighted by Gasteiger charge is 2.42. The van der Waals surface area contributed by atoms with Gasteiger partial charge in [-0.1, -0.05) is 108 Å². The summed E-state index contributed by atoms with van der Waals surface area (Å²) in [4.78, 5) is 12.0. The van der Waals surface area contributed by atoms with Crippen LogP contribution in [0.3, 0.4) is 0 Å². The monoisotopic (exact) mass is 464 g/mol. The quantitative estimate of drug-likeness (QED) is 0.111. The molecule has 1 aliphatic heterocycles.